The summed E-state index contributed by atoms with van der Waals surface area (Å²) in [7, 11) is -3.83. The van der Waals surface area contributed by atoms with E-state index in [4.69, 9.17) is 9.47 Å². The Balaban J connectivity index is 1.66. The van der Waals surface area contributed by atoms with Gasteiger partial charge in [-0.2, -0.15) is 0 Å². The van der Waals surface area contributed by atoms with E-state index >= 15 is 0 Å². The van der Waals surface area contributed by atoms with Crippen molar-refractivity contribution in [3.05, 3.63) is 78.4 Å². The largest absolute Gasteiger partial charge is 0.484 e. The van der Waals surface area contributed by atoms with E-state index in [2.05, 4.69) is 24.5 Å². The molecular weight excluding hydrogens is 658 g/mol. The standard InChI is InChI=1S/C38H49N3O8S/c1-6-8-21-38(22-9-7-2)25-41(29-17-15-28(16-18-29)39-36(45)49-37(3,4)5)31-20-19-30(23-32(31)50(46,47)26-38)48-24-33(42)40-34(35(43)44)27-13-11-10-12-14-27/h10-20,23,34H,6-9,21-22,24-26H2,1-5H3,(H,39,45)(H,40,42)(H,43,44). The summed E-state index contributed by atoms with van der Waals surface area (Å²) in [4.78, 5) is 39.2. The molecule has 270 valence electrons. The van der Waals surface area contributed by atoms with Crippen molar-refractivity contribution in [2.75, 3.05) is 29.1 Å². The molecule has 1 unspecified atom stereocenters. The first kappa shape index (κ1) is 38.2. The summed E-state index contributed by atoms with van der Waals surface area (Å²) in [5.41, 5.74) is 1.01. The number of sulfone groups is 1. The fourth-order valence-electron chi connectivity index (χ4n) is 6.20. The molecule has 1 atom stereocenters. The number of benzene rings is 3. The van der Waals surface area contributed by atoms with Gasteiger partial charge in [-0.05, 0) is 75.6 Å². The van der Waals surface area contributed by atoms with Crippen molar-refractivity contribution in [2.24, 2.45) is 5.41 Å². The maximum Gasteiger partial charge on any atom is 0.412 e. The van der Waals surface area contributed by atoms with Crippen LogP contribution in [0.2, 0.25) is 0 Å². The molecule has 3 N–H and O–H groups in total. The van der Waals surface area contributed by atoms with Gasteiger partial charge in [0.2, 0.25) is 0 Å². The van der Waals surface area contributed by atoms with Crippen molar-refractivity contribution >= 4 is 44.9 Å². The molecule has 50 heavy (non-hydrogen) atoms. The molecule has 2 amide bonds. The summed E-state index contributed by atoms with van der Waals surface area (Å²) in [6.45, 7) is 9.51. The van der Waals surface area contributed by atoms with Gasteiger partial charge in [-0.25, -0.2) is 18.0 Å². The zero-order chi connectivity index (χ0) is 36.5. The number of fused-ring (bicyclic) bond motifs is 1. The van der Waals surface area contributed by atoms with E-state index in [1.54, 1.807) is 75.4 Å². The van der Waals surface area contributed by atoms with Crippen LogP contribution in [0.25, 0.3) is 0 Å². The van der Waals surface area contributed by atoms with Gasteiger partial charge in [-0.3, -0.25) is 10.1 Å². The molecule has 1 aliphatic rings. The Kier molecular flexibility index (Phi) is 12.6. The third kappa shape index (κ3) is 10.2. The highest BCUT2D eigenvalue weighted by Gasteiger charge is 2.42. The Morgan fingerprint density at radius 3 is 2.16 bits per heavy atom. The minimum Gasteiger partial charge on any atom is -0.484 e. The molecule has 3 aromatic rings. The zero-order valence-corrected chi connectivity index (χ0v) is 30.3. The molecule has 0 saturated carbocycles. The molecule has 0 bridgehead atoms. The van der Waals surface area contributed by atoms with Gasteiger partial charge in [-0.1, -0.05) is 69.9 Å². The molecule has 0 aliphatic carbocycles. The smallest absolute Gasteiger partial charge is 0.412 e. The molecule has 1 heterocycles. The molecular formula is C38H49N3O8S. The third-order valence-electron chi connectivity index (χ3n) is 8.55. The van der Waals surface area contributed by atoms with Crippen LogP contribution in [0, 0.1) is 5.41 Å². The topological polar surface area (TPSA) is 151 Å². The van der Waals surface area contributed by atoms with E-state index in [-0.39, 0.29) is 16.4 Å². The number of rotatable bonds is 14. The average Bonchev–Trinajstić information content (AvgIpc) is 3.15. The molecule has 4 rings (SSSR count). The van der Waals surface area contributed by atoms with Gasteiger partial charge in [0, 0.05) is 29.4 Å². The fraction of sp³-hybridized carbons (Fsp3) is 0.447. The fourth-order valence-corrected chi connectivity index (χ4v) is 8.33. The average molecular weight is 708 g/mol. The van der Waals surface area contributed by atoms with Crippen molar-refractivity contribution < 1.29 is 37.4 Å². The second kappa shape index (κ2) is 16.4. The SMILES string of the molecule is CCCCC1(CCCC)CN(c2ccc(NC(=O)OC(C)(C)C)cc2)c2ccc(OCC(=O)NC(C(=O)O)c3ccccc3)cc2S(=O)(=O)C1. The molecule has 12 heteroatoms. The van der Waals surface area contributed by atoms with Crippen LogP contribution in [0.3, 0.4) is 0 Å². The predicted octanol–water partition coefficient (Wildman–Crippen LogP) is 7.65. The van der Waals surface area contributed by atoms with Crippen LogP contribution in [0.4, 0.5) is 21.9 Å². The Bertz CT molecular complexity index is 1730. The van der Waals surface area contributed by atoms with E-state index in [9.17, 15) is 27.9 Å². The molecule has 0 radical (unpaired) electrons. The molecule has 0 aromatic heterocycles. The molecule has 11 nitrogen and oxygen atoms in total. The summed E-state index contributed by atoms with van der Waals surface area (Å²) < 4.78 is 39.7. The Morgan fingerprint density at radius 2 is 1.58 bits per heavy atom. The first-order valence-electron chi connectivity index (χ1n) is 17.1. The van der Waals surface area contributed by atoms with Gasteiger partial charge in [0.05, 0.1) is 16.3 Å². The van der Waals surface area contributed by atoms with Crippen LogP contribution < -0.4 is 20.3 Å². The summed E-state index contributed by atoms with van der Waals surface area (Å²) >= 11 is 0. The number of carbonyl (C=O) groups is 3. The maximum atomic E-state index is 14.3. The highest BCUT2D eigenvalue weighted by atomic mass is 32.2. The van der Waals surface area contributed by atoms with Crippen LogP contribution in [0.5, 0.6) is 5.75 Å². The van der Waals surface area contributed by atoms with Crippen LogP contribution in [0.15, 0.2) is 77.7 Å². The molecule has 3 aromatic carbocycles. The number of carboxylic acid groups (broad SMARTS) is 1. The van der Waals surface area contributed by atoms with Gasteiger partial charge in [-0.15, -0.1) is 0 Å². The maximum absolute atomic E-state index is 14.3. The van der Waals surface area contributed by atoms with Gasteiger partial charge in [0.1, 0.15) is 11.4 Å². The second-order valence-electron chi connectivity index (χ2n) is 13.9. The number of unbranched alkanes of at least 4 members (excludes halogenated alkanes) is 2. The Morgan fingerprint density at radius 1 is 0.940 bits per heavy atom. The van der Waals surface area contributed by atoms with Crippen molar-refractivity contribution in [3.63, 3.8) is 0 Å². The lowest BCUT2D eigenvalue weighted by atomic mass is 9.79. The summed E-state index contributed by atoms with van der Waals surface area (Å²) in [6, 6.07) is 19.0. The summed E-state index contributed by atoms with van der Waals surface area (Å²) in [5.74, 6) is -1.76. The highest BCUT2D eigenvalue weighted by Crippen LogP contribution is 2.46. The lowest BCUT2D eigenvalue weighted by Crippen LogP contribution is -2.38. The summed E-state index contributed by atoms with van der Waals surface area (Å²) in [6.07, 6.45) is 4.52. The van der Waals surface area contributed by atoms with Crippen LogP contribution in [0.1, 0.15) is 84.7 Å². The number of nitrogens with zero attached hydrogens (tertiary/aromatic N) is 1. The molecule has 0 saturated heterocycles. The lowest BCUT2D eigenvalue weighted by molar-refractivity contribution is -0.142. The van der Waals surface area contributed by atoms with Gasteiger partial charge >= 0.3 is 12.1 Å². The second-order valence-corrected chi connectivity index (χ2v) is 15.9. The predicted molar refractivity (Wildman–Crippen MR) is 194 cm³/mol. The molecule has 1 aliphatic heterocycles. The number of carboxylic acids is 1. The van der Waals surface area contributed by atoms with Crippen LogP contribution in [-0.2, 0) is 24.2 Å². The first-order chi connectivity index (χ1) is 23.6. The van der Waals surface area contributed by atoms with Crippen LogP contribution >= 0.6 is 0 Å². The van der Waals surface area contributed by atoms with E-state index < -0.39 is 51.5 Å². The number of ether oxygens (including phenoxy) is 2. The normalized spacial score (nSPS) is 15.6. The lowest BCUT2D eigenvalue weighted by Gasteiger charge is -2.37. The van der Waals surface area contributed by atoms with Crippen molar-refractivity contribution in [2.45, 2.75) is 89.7 Å². The van der Waals surface area contributed by atoms with Crippen molar-refractivity contribution in [1.82, 2.24) is 5.32 Å². The quantitative estimate of drug-likeness (QED) is 0.153. The first-order valence-corrected chi connectivity index (χ1v) is 18.7. The highest BCUT2D eigenvalue weighted by molar-refractivity contribution is 7.91. The number of hydrogen-bond donors (Lipinski definition) is 3. The number of hydrogen-bond acceptors (Lipinski definition) is 8. The van der Waals surface area contributed by atoms with Gasteiger partial charge < -0.3 is 24.8 Å². The minimum absolute atomic E-state index is 0.0386. The minimum atomic E-state index is -3.83. The van der Waals surface area contributed by atoms with E-state index in [0.29, 0.717) is 23.5 Å². The summed E-state index contributed by atoms with van der Waals surface area (Å²) in [5, 5.41) is 14.9. The van der Waals surface area contributed by atoms with Gasteiger partial charge in [0.15, 0.2) is 22.5 Å². The number of carbonyl (C=O) groups excluding carboxylic acids is 2. The molecule has 0 spiro atoms. The van der Waals surface area contributed by atoms with Crippen molar-refractivity contribution in [1.29, 1.82) is 0 Å². The Labute approximate surface area is 295 Å². The van der Waals surface area contributed by atoms with E-state index in [1.807, 2.05) is 17.0 Å². The third-order valence-corrected chi connectivity index (χ3v) is 10.5. The monoisotopic (exact) mass is 707 g/mol. The molecule has 0 fully saturated rings. The Hall–Kier alpha value is -4.58. The number of nitrogens with one attached hydrogen (secondary N) is 2. The van der Waals surface area contributed by atoms with Gasteiger partial charge in [0.25, 0.3) is 5.91 Å². The number of aliphatic carboxylic acids is 1. The zero-order valence-electron chi connectivity index (χ0n) is 29.5. The van der Waals surface area contributed by atoms with E-state index in [1.165, 1.54) is 6.07 Å². The van der Waals surface area contributed by atoms with Crippen LogP contribution in [-0.4, -0.2) is 56.0 Å². The number of anilines is 3. The van der Waals surface area contributed by atoms with Crippen molar-refractivity contribution in [3.8, 4) is 5.75 Å². The number of amides is 2. The van der Waals surface area contributed by atoms with E-state index in [0.717, 1.165) is 44.2 Å².